The van der Waals surface area contributed by atoms with Crippen LogP contribution in [-0.2, 0) is 9.53 Å². The first-order valence-corrected chi connectivity index (χ1v) is 6.76. The SMILES string of the molecule is CCN(C(=O)OC(C)(C)C)C1CCN(C(=O)CN)C1. The highest BCUT2D eigenvalue weighted by atomic mass is 16.6. The Morgan fingerprint density at radius 1 is 1.42 bits per heavy atom. The first-order chi connectivity index (χ1) is 8.78. The standard InChI is InChI=1S/C13H25N3O3/c1-5-16(12(18)19-13(2,3)4)10-6-7-15(9-10)11(17)8-14/h10H,5-9,14H2,1-4H3. The average Bonchev–Trinajstić information content (AvgIpc) is 2.76. The summed E-state index contributed by atoms with van der Waals surface area (Å²) in [7, 11) is 0. The van der Waals surface area contributed by atoms with Gasteiger partial charge in [0.05, 0.1) is 12.6 Å². The van der Waals surface area contributed by atoms with E-state index in [1.54, 1.807) is 9.80 Å². The molecule has 1 atom stereocenters. The van der Waals surface area contributed by atoms with Crippen LogP contribution in [0.25, 0.3) is 0 Å². The number of amides is 2. The molecule has 19 heavy (non-hydrogen) atoms. The molecule has 2 N–H and O–H groups in total. The van der Waals surface area contributed by atoms with E-state index in [0.29, 0.717) is 19.6 Å². The van der Waals surface area contributed by atoms with Crippen LogP contribution in [0.4, 0.5) is 4.79 Å². The second-order valence-corrected chi connectivity index (χ2v) is 5.75. The molecule has 0 aromatic rings. The molecule has 0 spiro atoms. The molecule has 0 aromatic heterocycles. The van der Waals surface area contributed by atoms with Gasteiger partial charge in [0.15, 0.2) is 0 Å². The maximum absolute atomic E-state index is 12.1. The molecule has 1 heterocycles. The van der Waals surface area contributed by atoms with Gasteiger partial charge in [-0.15, -0.1) is 0 Å². The van der Waals surface area contributed by atoms with Gasteiger partial charge in [-0.25, -0.2) is 4.79 Å². The van der Waals surface area contributed by atoms with E-state index >= 15 is 0 Å². The van der Waals surface area contributed by atoms with Crippen LogP contribution in [0.1, 0.15) is 34.1 Å². The first kappa shape index (κ1) is 15.8. The minimum Gasteiger partial charge on any atom is -0.444 e. The molecule has 0 bridgehead atoms. The lowest BCUT2D eigenvalue weighted by molar-refractivity contribution is -0.128. The smallest absolute Gasteiger partial charge is 0.410 e. The summed E-state index contributed by atoms with van der Waals surface area (Å²) in [5, 5.41) is 0. The summed E-state index contributed by atoms with van der Waals surface area (Å²) >= 11 is 0. The second-order valence-electron chi connectivity index (χ2n) is 5.75. The highest BCUT2D eigenvalue weighted by Gasteiger charge is 2.33. The molecule has 1 unspecified atom stereocenters. The molecule has 110 valence electrons. The van der Waals surface area contributed by atoms with E-state index in [4.69, 9.17) is 10.5 Å². The first-order valence-electron chi connectivity index (χ1n) is 6.76. The van der Waals surface area contributed by atoms with E-state index in [1.165, 1.54) is 0 Å². The molecular formula is C13H25N3O3. The molecule has 2 amide bonds. The van der Waals surface area contributed by atoms with Crippen molar-refractivity contribution < 1.29 is 14.3 Å². The van der Waals surface area contributed by atoms with Crippen LogP contribution in [0.2, 0.25) is 0 Å². The van der Waals surface area contributed by atoms with Crippen molar-refractivity contribution in [2.75, 3.05) is 26.2 Å². The van der Waals surface area contributed by atoms with Crippen LogP contribution in [0.15, 0.2) is 0 Å². The molecule has 0 saturated carbocycles. The van der Waals surface area contributed by atoms with E-state index in [-0.39, 0.29) is 24.6 Å². The van der Waals surface area contributed by atoms with Gasteiger partial charge in [-0.1, -0.05) is 0 Å². The Hall–Kier alpha value is -1.30. The van der Waals surface area contributed by atoms with Crippen molar-refractivity contribution >= 4 is 12.0 Å². The Labute approximate surface area is 114 Å². The van der Waals surface area contributed by atoms with Gasteiger partial charge >= 0.3 is 6.09 Å². The van der Waals surface area contributed by atoms with E-state index in [2.05, 4.69) is 0 Å². The molecule has 1 aliphatic rings. The average molecular weight is 271 g/mol. The molecule has 0 radical (unpaired) electrons. The number of carbonyl (C=O) groups excluding carboxylic acids is 2. The lowest BCUT2D eigenvalue weighted by atomic mass is 10.2. The molecule has 1 rings (SSSR count). The van der Waals surface area contributed by atoms with E-state index in [9.17, 15) is 9.59 Å². The van der Waals surface area contributed by atoms with E-state index in [1.807, 2.05) is 27.7 Å². The van der Waals surface area contributed by atoms with Crippen molar-refractivity contribution in [2.45, 2.75) is 45.8 Å². The molecule has 6 nitrogen and oxygen atoms in total. The number of likely N-dealkylation sites (N-methyl/N-ethyl adjacent to an activating group) is 1. The van der Waals surface area contributed by atoms with Gasteiger partial charge in [0.1, 0.15) is 5.60 Å². The number of nitrogens with zero attached hydrogens (tertiary/aromatic N) is 2. The number of hydrogen-bond donors (Lipinski definition) is 1. The van der Waals surface area contributed by atoms with Crippen LogP contribution in [-0.4, -0.2) is 59.6 Å². The fourth-order valence-electron chi connectivity index (χ4n) is 2.21. The quantitative estimate of drug-likeness (QED) is 0.824. The summed E-state index contributed by atoms with van der Waals surface area (Å²) < 4.78 is 5.38. The normalized spacial score (nSPS) is 19.4. The van der Waals surface area contributed by atoms with Crippen LogP contribution < -0.4 is 5.73 Å². The maximum Gasteiger partial charge on any atom is 0.410 e. The summed E-state index contributed by atoms with van der Waals surface area (Å²) in [6.45, 7) is 9.24. The van der Waals surface area contributed by atoms with Gasteiger partial charge in [-0.2, -0.15) is 0 Å². The summed E-state index contributed by atoms with van der Waals surface area (Å²) in [5.41, 5.74) is 4.85. The van der Waals surface area contributed by atoms with Crippen molar-refractivity contribution in [1.29, 1.82) is 0 Å². The van der Waals surface area contributed by atoms with Crippen molar-refractivity contribution in [1.82, 2.24) is 9.80 Å². The van der Waals surface area contributed by atoms with Crippen molar-refractivity contribution in [3.8, 4) is 0 Å². The highest BCUT2D eigenvalue weighted by molar-refractivity contribution is 5.78. The molecule has 1 saturated heterocycles. The summed E-state index contributed by atoms with van der Waals surface area (Å²) in [4.78, 5) is 27.0. The van der Waals surface area contributed by atoms with Gasteiger partial charge in [-0.3, -0.25) is 4.79 Å². The van der Waals surface area contributed by atoms with Crippen molar-refractivity contribution in [3.05, 3.63) is 0 Å². The summed E-state index contributed by atoms with van der Waals surface area (Å²) in [6, 6.07) is 0.0235. The highest BCUT2D eigenvalue weighted by Crippen LogP contribution is 2.18. The van der Waals surface area contributed by atoms with Crippen LogP contribution in [0.5, 0.6) is 0 Å². The molecular weight excluding hydrogens is 246 g/mol. The van der Waals surface area contributed by atoms with Gasteiger partial charge in [0.25, 0.3) is 0 Å². The number of carbonyl (C=O) groups is 2. The zero-order chi connectivity index (χ0) is 14.6. The number of ether oxygens (including phenoxy) is 1. The number of nitrogens with two attached hydrogens (primary N) is 1. The molecule has 1 fully saturated rings. The molecule has 0 aliphatic carbocycles. The third kappa shape index (κ3) is 4.38. The Bertz CT molecular complexity index is 339. The Kier molecular flexibility index (Phi) is 5.17. The monoisotopic (exact) mass is 271 g/mol. The van der Waals surface area contributed by atoms with Gasteiger partial charge in [0, 0.05) is 19.6 Å². The van der Waals surface area contributed by atoms with Crippen molar-refractivity contribution in [2.24, 2.45) is 5.73 Å². The van der Waals surface area contributed by atoms with Gasteiger partial charge in [0.2, 0.25) is 5.91 Å². The van der Waals surface area contributed by atoms with E-state index in [0.717, 1.165) is 6.42 Å². The maximum atomic E-state index is 12.1. The molecule has 1 aliphatic heterocycles. The Balaban J connectivity index is 2.62. The predicted octanol–water partition coefficient (Wildman–Crippen LogP) is 0.803. The second kappa shape index (κ2) is 6.23. The fraction of sp³-hybridized carbons (Fsp3) is 0.846. The predicted molar refractivity (Wildman–Crippen MR) is 72.7 cm³/mol. The van der Waals surface area contributed by atoms with E-state index < -0.39 is 5.60 Å². The Morgan fingerprint density at radius 2 is 2.05 bits per heavy atom. The lowest BCUT2D eigenvalue weighted by Crippen LogP contribution is -2.45. The molecule has 0 aromatic carbocycles. The summed E-state index contributed by atoms with van der Waals surface area (Å²) in [5.74, 6) is -0.0669. The Morgan fingerprint density at radius 3 is 2.53 bits per heavy atom. The zero-order valence-electron chi connectivity index (χ0n) is 12.3. The minimum atomic E-state index is -0.504. The van der Waals surface area contributed by atoms with Crippen LogP contribution in [0, 0.1) is 0 Å². The number of hydrogen-bond acceptors (Lipinski definition) is 4. The van der Waals surface area contributed by atoms with Crippen LogP contribution >= 0.6 is 0 Å². The fourth-order valence-corrected chi connectivity index (χ4v) is 2.21. The largest absolute Gasteiger partial charge is 0.444 e. The third-order valence-corrected chi connectivity index (χ3v) is 3.10. The van der Waals surface area contributed by atoms with Crippen molar-refractivity contribution in [3.63, 3.8) is 0 Å². The van der Waals surface area contributed by atoms with Gasteiger partial charge < -0.3 is 20.3 Å². The minimum absolute atomic E-state index is 0.0191. The zero-order valence-corrected chi connectivity index (χ0v) is 12.3. The number of likely N-dealkylation sites (tertiary alicyclic amines) is 1. The molecule has 6 heteroatoms. The topological polar surface area (TPSA) is 75.9 Å². The number of rotatable bonds is 3. The lowest BCUT2D eigenvalue weighted by Gasteiger charge is -2.30. The van der Waals surface area contributed by atoms with Gasteiger partial charge in [-0.05, 0) is 34.1 Å². The summed E-state index contributed by atoms with van der Waals surface area (Å²) in [6.07, 6.45) is 0.459. The third-order valence-electron chi connectivity index (χ3n) is 3.10. The van der Waals surface area contributed by atoms with Crippen LogP contribution in [0.3, 0.4) is 0 Å².